The standard InChI is InChI=1S/C13H26N2O3/c1-13(17,10-15(2)3)9-14-12(16)7-6-11-5-4-8-18-11/h11,17H,4-10H2,1-3H3,(H,14,16). The fourth-order valence-corrected chi connectivity index (χ4v) is 2.28. The Morgan fingerprint density at radius 3 is 2.83 bits per heavy atom. The van der Waals surface area contributed by atoms with Crippen LogP contribution in [0.3, 0.4) is 0 Å². The van der Waals surface area contributed by atoms with Crippen molar-refractivity contribution in [1.29, 1.82) is 0 Å². The van der Waals surface area contributed by atoms with E-state index in [4.69, 9.17) is 4.74 Å². The highest BCUT2D eigenvalue weighted by Crippen LogP contribution is 2.16. The Hall–Kier alpha value is -0.650. The van der Waals surface area contributed by atoms with Crippen molar-refractivity contribution in [2.24, 2.45) is 0 Å². The number of hydrogen-bond acceptors (Lipinski definition) is 4. The number of carbonyl (C=O) groups is 1. The number of amides is 1. The van der Waals surface area contributed by atoms with Crippen LogP contribution in [0.1, 0.15) is 32.6 Å². The normalized spacial score (nSPS) is 23.1. The van der Waals surface area contributed by atoms with Crippen molar-refractivity contribution in [3.8, 4) is 0 Å². The monoisotopic (exact) mass is 258 g/mol. The first kappa shape index (κ1) is 15.4. The first-order valence-corrected chi connectivity index (χ1v) is 6.64. The molecule has 1 rings (SSSR count). The number of aliphatic hydroxyl groups is 1. The Balaban J connectivity index is 2.15. The van der Waals surface area contributed by atoms with Crippen molar-refractivity contribution in [1.82, 2.24) is 10.2 Å². The van der Waals surface area contributed by atoms with Gasteiger partial charge < -0.3 is 20.1 Å². The van der Waals surface area contributed by atoms with Crippen LogP contribution in [-0.2, 0) is 9.53 Å². The van der Waals surface area contributed by atoms with E-state index >= 15 is 0 Å². The van der Waals surface area contributed by atoms with Gasteiger partial charge in [0.05, 0.1) is 11.7 Å². The average Bonchev–Trinajstić information content (AvgIpc) is 2.74. The van der Waals surface area contributed by atoms with Gasteiger partial charge in [-0.25, -0.2) is 0 Å². The number of carbonyl (C=O) groups excluding carboxylic acids is 1. The summed E-state index contributed by atoms with van der Waals surface area (Å²) >= 11 is 0. The van der Waals surface area contributed by atoms with E-state index in [1.54, 1.807) is 6.92 Å². The first-order chi connectivity index (χ1) is 8.39. The molecule has 0 saturated carbocycles. The molecule has 106 valence electrons. The third-order valence-electron chi connectivity index (χ3n) is 3.04. The van der Waals surface area contributed by atoms with Crippen molar-refractivity contribution in [2.45, 2.75) is 44.3 Å². The molecule has 5 nitrogen and oxygen atoms in total. The summed E-state index contributed by atoms with van der Waals surface area (Å²) < 4.78 is 5.47. The third-order valence-corrected chi connectivity index (χ3v) is 3.04. The molecule has 2 atom stereocenters. The summed E-state index contributed by atoms with van der Waals surface area (Å²) in [5.74, 6) is -0.00969. The summed E-state index contributed by atoms with van der Waals surface area (Å²) in [4.78, 5) is 13.5. The summed E-state index contributed by atoms with van der Waals surface area (Å²) in [6.07, 6.45) is 3.66. The highest BCUT2D eigenvalue weighted by molar-refractivity contribution is 5.75. The van der Waals surface area contributed by atoms with Crippen LogP contribution in [0, 0.1) is 0 Å². The van der Waals surface area contributed by atoms with Gasteiger partial charge in [0.15, 0.2) is 0 Å². The second kappa shape index (κ2) is 7.07. The van der Waals surface area contributed by atoms with E-state index in [0.717, 1.165) is 25.9 Å². The molecular formula is C13H26N2O3. The quantitative estimate of drug-likeness (QED) is 0.693. The fraction of sp³-hybridized carbons (Fsp3) is 0.923. The summed E-state index contributed by atoms with van der Waals surface area (Å²) in [5.41, 5.74) is -0.886. The largest absolute Gasteiger partial charge is 0.387 e. The molecule has 18 heavy (non-hydrogen) atoms. The van der Waals surface area contributed by atoms with Gasteiger partial charge in [0, 0.05) is 26.1 Å². The maximum absolute atomic E-state index is 11.6. The molecule has 1 fully saturated rings. The van der Waals surface area contributed by atoms with Crippen LogP contribution < -0.4 is 5.32 Å². The lowest BCUT2D eigenvalue weighted by Crippen LogP contribution is -2.47. The van der Waals surface area contributed by atoms with E-state index in [1.165, 1.54) is 0 Å². The lowest BCUT2D eigenvalue weighted by molar-refractivity contribution is -0.123. The highest BCUT2D eigenvalue weighted by Gasteiger charge is 2.22. The minimum absolute atomic E-state index is 0.00969. The Bertz CT molecular complexity index is 261. The maximum atomic E-state index is 11.6. The highest BCUT2D eigenvalue weighted by atomic mass is 16.5. The van der Waals surface area contributed by atoms with Gasteiger partial charge in [-0.1, -0.05) is 0 Å². The smallest absolute Gasteiger partial charge is 0.220 e. The van der Waals surface area contributed by atoms with Crippen LogP contribution in [0.4, 0.5) is 0 Å². The predicted molar refractivity (Wildman–Crippen MR) is 70.4 cm³/mol. The van der Waals surface area contributed by atoms with Crippen LogP contribution in [0.5, 0.6) is 0 Å². The van der Waals surface area contributed by atoms with Gasteiger partial charge in [-0.15, -0.1) is 0 Å². The number of ether oxygens (including phenoxy) is 1. The molecule has 0 aromatic carbocycles. The number of nitrogens with one attached hydrogen (secondary N) is 1. The molecule has 0 aromatic heterocycles. The summed E-state index contributed by atoms with van der Waals surface area (Å²) in [6, 6.07) is 0. The lowest BCUT2D eigenvalue weighted by atomic mass is 10.1. The predicted octanol–water partition coefficient (Wildman–Crippen LogP) is 0.374. The summed E-state index contributed by atoms with van der Waals surface area (Å²) in [5, 5.41) is 12.8. The zero-order chi connectivity index (χ0) is 13.6. The van der Waals surface area contributed by atoms with Crippen LogP contribution >= 0.6 is 0 Å². The van der Waals surface area contributed by atoms with E-state index in [-0.39, 0.29) is 18.6 Å². The fourth-order valence-electron chi connectivity index (χ4n) is 2.28. The van der Waals surface area contributed by atoms with E-state index in [9.17, 15) is 9.90 Å². The molecule has 1 amide bonds. The number of hydrogen-bond donors (Lipinski definition) is 2. The minimum Gasteiger partial charge on any atom is -0.387 e. The van der Waals surface area contributed by atoms with Gasteiger partial charge in [0.25, 0.3) is 0 Å². The van der Waals surface area contributed by atoms with Crippen molar-refractivity contribution in [2.75, 3.05) is 33.8 Å². The molecule has 0 spiro atoms. The van der Waals surface area contributed by atoms with Gasteiger partial charge in [-0.05, 0) is 40.3 Å². The number of rotatable bonds is 7. The van der Waals surface area contributed by atoms with Crippen LogP contribution in [0.15, 0.2) is 0 Å². The molecule has 1 aliphatic rings. The van der Waals surface area contributed by atoms with Gasteiger partial charge in [-0.2, -0.15) is 0 Å². The number of likely N-dealkylation sites (N-methyl/N-ethyl adjacent to an activating group) is 1. The van der Waals surface area contributed by atoms with Crippen LogP contribution in [-0.4, -0.2) is 61.4 Å². The van der Waals surface area contributed by atoms with Crippen molar-refractivity contribution in [3.05, 3.63) is 0 Å². The second-order valence-corrected chi connectivity index (χ2v) is 5.69. The Morgan fingerprint density at radius 1 is 1.56 bits per heavy atom. The van der Waals surface area contributed by atoms with Gasteiger partial charge in [-0.3, -0.25) is 4.79 Å². The second-order valence-electron chi connectivity index (χ2n) is 5.69. The zero-order valence-corrected chi connectivity index (χ0v) is 11.7. The van der Waals surface area contributed by atoms with Crippen molar-refractivity contribution >= 4 is 5.91 Å². The molecule has 0 radical (unpaired) electrons. The average molecular weight is 258 g/mol. The molecule has 2 unspecified atom stereocenters. The van der Waals surface area contributed by atoms with Crippen LogP contribution in [0.2, 0.25) is 0 Å². The van der Waals surface area contributed by atoms with Gasteiger partial charge in [0.1, 0.15) is 0 Å². The topological polar surface area (TPSA) is 61.8 Å². The van der Waals surface area contributed by atoms with Crippen molar-refractivity contribution in [3.63, 3.8) is 0 Å². The molecule has 2 N–H and O–H groups in total. The molecular weight excluding hydrogens is 232 g/mol. The molecule has 0 aromatic rings. The maximum Gasteiger partial charge on any atom is 0.220 e. The van der Waals surface area contributed by atoms with Gasteiger partial charge in [0.2, 0.25) is 5.91 Å². The minimum atomic E-state index is -0.886. The van der Waals surface area contributed by atoms with E-state index in [1.807, 2.05) is 19.0 Å². The molecule has 1 saturated heterocycles. The number of nitrogens with zero attached hydrogens (tertiary/aromatic N) is 1. The SMILES string of the molecule is CN(C)CC(C)(O)CNC(=O)CCC1CCCO1. The van der Waals surface area contributed by atoms with E-state index in [0.29, 0.717) is 13.0 Å². The molecule has 0 bridgehead atoms. The Morgan fingerprint density at radius 2 is 2.28 bits per heavy atom. The first-order valence-electron chi connectivity index (χ1n) is 6.64. The molecule has 1 aliphatic heterocycles. The van der Waals surface area contributed by atoms with Crippen LogP contribution in [0.25, 0.3) is 0 Å². The zero-order valence-electron chi connectivity index (χ0n) is 11.7. The Kier molecular flexibility index (Phi) is 6.05. The van der Waals surface area contributed by atoms with Gasteiger partial charge >= 0.3 is 0 Å². The molecule has 5 heteroatoms. The third kappa shape index (κ3) is 6.33. The van der Waals surface area contributed by atoms with E-state index < -0.39 is 5.60 Å². The van der Waals surface area contributed by atoms with Crippen molar-refractivity contribution < 1.29 is 14.6 Å². The summed E-state index contributed by atoms with van der Waals surface area (Å²) in [6.45, 7) is 3.37. The summed E-state index contributed by atoms with van der Waals surface area (Å²) in [7, 11) is 3.79. The molecule has 1 heterocycles. The Labute approximate surface area is 109 Å². The van der Waals surface area contributed by atoms with E-state index in [2.05, 4.69) is 5.32 Å². The molecule has 0 aliphatic carbocycles. The lowest BCUT2D eigenvalue weighted by Gasteiger charge is -2.27.